The average Bonchev–Trinajstić information content (AvgIpc) is 2.61. The minimum Gasteiger partial charge on any atom is -0.465 e. The van der Waals surface area contributed by atoms with Gasteiger partial charge in [0.05, 0.1) is 17.7 Å². The first kappa shape index (κ1) is 16.8. The zero-order chi connectivity index (χ0) is 16.7. The fraction of sp³-hybridized carbons (Fsp3) is 0.111. The topological polar surface area (TPSA) is 55.4 Å². The van der Waals surface area contributed by atoms with Crippen molar-refractivity contribution in [2.75, 3.05) is 18.7 Å². The molecule has 5 heteroatoms. The van der Waals surface area contributed by atoms with E-state index in [-0.39, 0.29) is 5.78 Å². The first-order chi connectivity index (χ1) is 11.1. The molecule has 0 aliphatic carbocycles. The first-order valence-electron chi connectivity index (χ1n) is 6.94. The lowest BCUT2D eigenvalue weighted by molar-refractivity contribution is 0.0600. The summed E-state index contributed by atoms with van der Waals surface area (Å²) in [5, 5.41) is 3.95. The van der Waals surface area contributed by atoms with Gasteiger partial charge in [-0.25, -0.2) is 4.79 Å². The van der Waals surface area contributed by atoms with Crippen LogP contribution in [0.4, 0.5) is 5.69 Å². The Hall–Kier alpha value is -2.53. The van der Waals surface area contributed by atoms with Crippen LogP contribution in [0.1, 0.15) is 20.7 Å². The molecule has 4 nitrogen and oxygen atoms in total. The molecule has 0 fully saturated rings. The van der Waals surface area contributed by atoms with Crippen LogP contribution in [0, 0.1) is 0 Å². The Morgan fingerprint density at radius 1 is 1.00 bits per heavy atom. The number of hydrogen-bond acceptors (Lipinski definition) is 5. The average molecular weight is 327 g/mol. The molecule has 0 aliphatic heterocycles. The van der Waals surface area contributed by atoms with Gasteiger partial charge in [0, 0.05) is 17.3 Å². The minimum atomic E-state index is -0.421. The summed E-state index contributed by atoms with van der Waals surface area (Å²) in [6.07, 6.45) is 3.44. The summed E-state index contributed by atoms with van der Waals surface area (Å²) in [5.74, 6) is -0.552. The van der Waals surface area contributed by atoms with Crippen molar-refractivity contribution in [2.24, 2.45) is 0 Å². The molecule has 0 aromatic heterocycles. The van der Waals surface area contributed by atoms with Gasteiger partial charge in [0.1, 0.15) is 0 Å². The van der Waals surface area contributed by atoms with Crippen LogP contribution in [0.2, 0.25) is 0 Å². The summed E-state index contributed by atoms with van der Waals surface area (Å²) in [6.45, 7) is 0. The van der Waals surface area contributed by atoms with E-state index in [2.05, 4.69) is 10.1 Å². The van der Waals surface area contributed by atoms with Gasteiger partial charge in [-0.05, 0) is 30.5 Å². The third kappa shape index (κ3) is 4.72. The molecule has 0 spiro atoms. The number of ketones is 1. The number of rotatable bonds is 6. The highest BCUT2D eigenvalue weighted by Gasteiger charge is 2.08. The first-order valence-corrected chi connectivity index (χ1v) is 8.17. The fourth-order valence-electron chi connectivity index (χ4n) is 1.90. The van der Waals surface area contributed by atoms with E-state index in [0.717, 1.165) is 10.7 Å². The van der Waals surface area contributed by atoms with E-state index in [1.54, 1.807) is 30.3 Å². The summed E-state index contributed by atoms with van der Waals surface area (Å²) in [4.78, 5) is 23.7. The molecule has 0 atom stereocenters. The normalized spacial score (nSPS) is 11.0. The molecule has 0 aliphatic rings. The fourth-order valence-corrected chi connectivity index (χ4v) is 2.35. The van der Waals surface area contributed by atoms with Crippen LogP contribution in [0.5, 0.6) is 0 Å². The molecular weight excluding hydrogens is 310 g/mol. The Balaban J connectivity index is 2.13. The van der Waals surface area contributed by atoms with Crippen LogP contribution in [-0.2, 0) is 4.74 Å². The van der Waals surface area contributed by atoms with Crippen molar-refractivity contribution < 1.29 is 14.3 Å². The summed E-state index contributed by atoms with van der Waals surface area (Å²) in [7, 11) is 1.32. The van der Waals surface area contributed by atoms with Crippen LogP contribution >= 0.6 is 11.8 Å². The molecule has 0 heterocycles. The maximum Gasteiger partial charge on any atom is 0.337 e. The summed E-state index contributed by atoms with van der Waals surface area (Å²) in [6, 6.07) is 16.0. The smallest absolute Gasteiger partial charge is 0.337 e. The molecule has 0 amide bonds. The van der Waals surface area contributed by atoms with E-state index in [4.69, 9.17) is 0 Å². The highest BCUT2D eigenvalue weighted by molar-refractivity contribution is 8.02. The molecule has 0 saturated carbocycles. The van der Waals surface area contributed by atoms with Gasteiger partial charge < -0.3 is 10.1 Å². The number of ether oxygens (including phenoxy) is 1. The number of nitrogens with one attached hydrogen (secondary N) is 1. The van der Waals surface area contributed by atoms with Crippen LogP contribution in [0.15, 0.2) is 65.7 Å². The van der Waals surface area contributed by atoms with Crippen molar-refractivity contribution in [3.05, 3.63) is 76.8 Å². The second-order valence-corrected chi connectivity index (χ2v) is 5.48. The zero-order valence-corrected chi connectivity index (χ0v) is 13.7. The molecule has 2 aromatic rings. The van der Waals surface area contributed by atoms with E-state index >= 15 is 0 Å². The SMILES string of the molecule is COC(=O)c1ccc(C(=O)/C=C(/Nc2ccccc2)SC)cc1. The Bertz CT molecular complexity index is 709. The highest BCUT2D eigenvalue weighted by atomic mass is 32.2. The van der Waals surface area contributed by atoms with Gasteiger partial charge in [-0.15, -0.1) is 11.8 Å². The molecule has 2 rings (SSSR count). The predicted octanol–water partition coefficient (Wildman–Crippen LogP) is 3.97. The maximum absolute atomic E-state index is 12.3. The van der Waals surface area contributed by atoms with E-state index in [0.29, 0.717) is 11.1 Å². The number of carbonyl (C=O) groups is 2. The van der Waals surface area contributed by atoms with Gasteiger partial charge in [-0.1, -0.05) is 30.3 Å². The van der Waals surface area contributed by atoms with Crippen molar-refractivity contribution in [3.63, 3.8) is 0 Å². The molecule has 0 radical (unpaired) electrons. The van der Waals surface area contributed by atoms with Crippen molar-refractivity contribution in [1.29, 1.82) is 0 Å². The second kappa shape index (κ2) is 8.19. The van der Waals surface area contributed by atoms with Gasteiger partial charge in [0.25, 0.3) is 0 Å². The van der Waals surface area contributed by atoms with Crippen molar-refractivity contribution in [3.8, 4) is 0 Å². The van der Waals surface area contributed by atoms with Gasteiger partial charge in [0.15, 0.2) is 5.78 Å². The lowest BCUT2D eigenvalue weighted by Gasteiger charge is -2.08. The summed E-state index contributed by atoms with van der Waals surface area (Å²) in [5.41, 5.74) is 1.85. The Labute approximate surface area is 139 Å². The lowest BCUT2D eigenvalue weighted by atomic mass is 10.1. The number of esters is 1. The van der Waals surface area contributed by atoms with Gasteiger partial charge in [-0.2, -0.15) is 0 Å². The predicted molar refractivity (Wildman–Crippen MR) is 93.8 cm³/mol. The Morgan fingerprint density at radius 3 is 2.17 bits per heavy atom. The van der Waals surface area contributed by atoms with Crippen LogP contribution in [0.3, 0.4) is 0 Å². The molecule has 118 valence electrons. The van der Waals surface area contributed by atoms with E-state index < -0.39 is 5.97 Å². The molecular formula is C18H17NO3S. The van der Waals surface area contributed by atoms with Gasteiger partial charge >= 0.3 is 5.97 Å². The van der Waals surface area contributed by atoms with Gasteiger partial charge in [-0.3, -0.25) is 4.79 Å². The Kier molecular flexibility index (Phi) is 6.00. The molecule has 0 unspecified atom stereocenters. The van der Waals surface area contributed by atoms with Crippen LogP contribution in [-0.4, -0.2) is 25.1 Å². The van der Waals surface area contributed by atoms with Crippen LogP contribution < -0.4 is 5.32 Å². The maximum atomic E-state index is 12.3. The molecule has 2 aromatic carbocycles. The van der Waals surface area contributed by atoms with Crippen molar-refractivity contribution >= 4 is 29.2 Å². The zero-order valence-electron chi connectivity index (χ0n) is 12.9. The van der Waals surface area contributed by atoms with E-state index in [1.165, 1.54) is 18.9 Å². The number of methoxy groups -OCH3 is 1. The highest BCUT2D eigenvalue weighted by Crippen LogP contribution is 2.18. The van der Waals surface area contributed by atoms with Crippen molar-refractivity contribution in [1.82, 2.24) is 0 Å². The quantitative estimate of drug-likeness (QED) is 0.494. The number of anilines is 1. The monoisotopic (exact) mass is 327 g/mol. The van der Waals surface area contributed by atoms with E-state index in [1.807, 2.05) is 36.6 Å². The second-order valence-electron chi connectivity index (χ2n) is 4.64. The molecule has 23 heavy (non-hydrogen) atoms. The number of carbonyl (C=O) groups excluding carboxylic acids is 2. The molecule has 0 bridgehead atoms. The molecule has 1 N–H and O–H groups in total. The lowest BCUT2D eigenvalue weighted by Crippen LogP contribution is -2.04. The number of thioether (sulfide) groups is 1. The Morgan fingerprint density at radius 2 is 1.61 bits per heavy atom. The minimum absolute atomic E-state index is 0.130. The third-order valence-corrected chi connectivity index (χ3v) is 3.77. The standard InChI is InChI=1S/C18H17NO3S/c1-22-18(21)14-10-8-13(9-11-14)16(20)12-17(23-2)19-15-6-4-3-5-7-15/h3-12,19H,1-2H3/b17-12-. The summed E-state index contributed by atoms with van der Waals surface area (Å²) < 4.78 is 4.64. The number of benzene rings is 2. The van der Waals surface area contributed by atoms with Crippen molar-refractivity contribution in [2.45, 2.75) is 0 Å². The number of para-hydroxylation sites is 1. The van der Waals surface area contributed by atoms with E-state index in [9.17, 15) is 9.59 Å². The third-order valence-electron chi connectivity index (χ3n) is 3.11. The van der Waals surface area contributed by atoms with Crippen LogP contribution in [0.25, 0.3) is 0 Å². The largest absolute Gasteiger partial charge is 0.465 e. The molecule has 0 saturated heterocycles. The number of allylic oxidation sites excluding steroid dienone is 1. The summed E-state index contributed by atoms with van der Waals surface area (Å²) >= 11 is 1.45. The number of hydrogen-bond donors (Lipinski definition) is 1. The van der Waals surface area contributed by atoms with Gasteiger partial charge in [0.2, 0.25) is 0 Å².